The highest BCUT2D eigenvalue weighted by Crippen LogP contribution is 2.24. The van der Waals surface area contributed by atoms with Crippen molar-refractivity contribution >= 4 is 45.7 Å². The van der Waals surface area contributed by atoms with Crippen LogP contribution in [0.3, 0.4) is 0 Å². The van der Waals surface area contributed by atoms with Crippen molar-refractivity contribution in [1.82, 2.24) is 9.97 Å². The Morgan fingerprint density at radius 1 is 1.47 bits per heavy atom. The Morgan fingerprint density at radius 3 is 3.00 bits per heavy atom. The molecule has 0 fully saturated rings. The number of aromatic nitrogens is 2. The van der Waals surface area contributed by atoms with Gasteiger partial charge in [-0.15, -0.1) is 0 Å². The summed E-state index contributed by atoms with van der Waals surface area (Å²) >= 11 is 7.87. The number of aromatic amines is 1. The first-order valence-electron chi connectivity index (χ1n) is 4.84. The number of hydrogen-bond acceptors (Lipinski definition) is 3. The van der Waals surface area contributed by atoms with Crippen molar-refractivity contribution in [3.8, 4) is 0 Å². The highest BCUT2D eigenvalue weighted by Gasteiger charge is 2.07. The van der Waals surface area contributed by atoms with E-state index in [2.05, 4.69) is 15.3 Å². The molecule has 6 heteroatoms. The van der Waals surface area contributed by atoms with Crippen molar-refractivity contribution < 1.29 is 0 Å². The number of halogens is 2. The monoisotopic (exact) mass is 361 g/mol. The first-order chi connectivity index (χ1) is 8.08. The summed E-state index contributed by atoms with van der Waals surface area (Å²) < 4.78 is 0.518. The number of nitrogens with one attached hydrogen (secondary N) is 2. The van der Waals surface area contributed by atoms with Crippen LogP contribution in [0.1, 0.15) is 5.56 Å². The molecular formula is C11H9ClIN3O. The van der Waals surface area contributed by atoms with Gasteiger partial charge in [0.05, 0.1) is 6.33 Å². The van der Waals surface area contributed by atoms with Crippen molar-refractivity contribution in [1.29, 1.82) is 0 Å². The molecule has 0 atom stereocenters. The number of anilines is 2. The third-order valence-corrected chi connectivity index (χ3v) is 3.49. The van der Waals surface area contributed by atoms with Crippen LogP contribution in [0.5, 0.6) is 0 Å². The first kappa shape index (κ1) is 12.4. The Kier molecular flexibility index (Phi) is 3.68. The third-order valence-electron chi connectivity index (χ3n) is 2.25. The van der Waals surface area contributed by atoms with Crippen molar-refractivity contribution in [2.75, 3.05) is 5.32 Å². The van der Waals surface area contributed by atoms with Gasteiger partial charge in [-0.2, -0.15) is 0 Å². The van der Waals surface area contributed by atoms with E-state index in [1.807, 2.05) is 41.6 Å². The lowest BCUT2D eigenvalue weighted by atomic mass is 10.2. The van der Waals surface area contributed by atoms with Crippen LogP contribution in [0.2, 0.25) is 5.02 Å². The lowest BCUT2D eigenvalue weighted by Gasteiger charge is -2.09. The summed E-state index contributed by atoms with van der Waals surface area (Å²) in [6.45, 7) is 1.96. The molecule has 1 aromatic carbocycles. The van der Waals surface area contributed by atoms with Gasteiger partial charge in [-0.1, -0.05) is 17.7 Å². The Labute approximate surface area is 117 Å². The van der Waals surface area contributed by atoms with E-state index in [-0.39, 0.29) is 5.56 Å². The summed E-state index contributed by atoms with van der Waals surface area (Å²) in [5, 5.41) is 3.74. The van der Waals surface area contributed by atoms with Gasteiger partial charge in [0.25, 0.3) is 5.56 Å². The van der Waals surface area contributed by atoms with E-state index in [0.29, 0.717) is 14.4 Å². The summed E-state index contributed by atoms with van der Waals surface area (Å²) in [5.74, 6) is 0.528. The molecule has 2 N–H and O–H groups in total. The molecule has 0 unspecified atom stereocenters. The maximum absolute atomic E-state index is 11.4. The van der Waals surface area contributed by atoms with Crippen LogP contribution >= 0.6 is 34.2 Å². The molecule has 17 heavy (non-hydrogen) atoms. The maximum atomic E-state index is 11.4. The summed E-state index contributed by atoms with van der Waals surface area (Å²) in [6, 6.07) is 5.53. The van der Waals surface area contributed by atoms with Crippen LogP contribution in [0.25, 0.3) is 0 Å². The number of benzene rings is 1. The Balaban J connectivity index is 2.41. The van der Waals surface area contributed by atoms with Crippen molar-refractivity contribution in [3.05, 3.63) is 49.0 Å². The second-order valence-electron chi connectivity index (χ2n) is 3.48. The van der Waals surface area contributed by atoms with Crippen molar-refractivity contribution in [2.45, 2.75) is 6.92 Å². The van der Waals surface area contributed by atoms with Crippen molar-refractivity contribution in [3.63, 3.8) is 0 Å². The van der Waals surface area contributed by atoms with Crippen LogP contribution in [0.15, 0.2) is 29.3 Å². The smallest absolute Gasteiger partial charge is 0.266 e. The summed E-state index contributed by atoms with van der Waals surface area (Å²) in [5.41, 5.74) is 1.71. The lowest BCUT2D eigenvalue weighted by molar-refractivity contribution is 1.10. The number of H-pyrrole nitrogens is 1. The zero-order chi connectivity index (χ0) is 12.4. The van der Waals surface area contributed by atoms with Gasteiger partial charge >= 0.3 is 0 Å². The van der Waals surface area contributed by atoms with Gasteiger partial charge in [0.1, 0.15) is 3.57 Å². The second-order valence-corrected chi connectivity index (χ2v) is 4.99. The Morgan fingerprint density at radius 2 is 2.24 bits per heavy atom. The molecule has 2 aromatic rings. The molecule has 88 valence electrons. The highest BCUT2D eigenvalue weighted by atomic mass is 127. The second kappa shape index (κ2) is 5.05. The van der Waals surface area contributed by atoms with Gasteiger partial charge in [0, 0.05) is 10.7 Å². The maximum Gasteiger partial charge on any atom is 0.266 e. The molecule has 0 saturated carbocycles. The van der Waals surface area contributed by atoms with Gasteiger partial charge < -0.3 is 10.3 Å². The molecular weight excluding hydrogens is 352 g/mol. The van der Waals surface area contributed by atoms with Gasteiger partial charge in [0.2, 0.25) is 0 Å². The zero-order valence-corrected chi connectivity index (χ0v) is 11.8. The van der Waals surface area contributed by atoms with Gasteiger partial charge in [-0.25, -0.2) is 4.98 Å². The minimum Gasteiger partial charge on any atom is -0.339 e. The molecule has 2 rings (SSSR count). The normalized spacial score (nSPS) is 10.3. The number of rotatable bonds is 2. The van der Waals surface area contributed by atoms with E-state index in [0.717, 1.165) is 11.3 Å². The molecule has 0 radical (unpaired) electrons. The molecule has 0 saturated heterocycles. The first-order valence-corrected chi connectivity index (χ1v) is 6.30. The molecule has 4 nitrogen and oxygen atoms in total. The van der Waals surface area contributed by atoms with Crippen LogP contribution in [0.4, 0.5) is 11.5 Å². The molecule has 0 spiro atoms. The fourth-order valence-electron chi connectivity index (χ4n) is 1.33. The molecule has 0 aliphatic carbocycles. The molecule has 0 bridgehead atoms. The van der Waals surface area contributed by atoms with E-state index in [1.54, 1.807) is 6.07 Å². The molecule has 0 amide bonds. The van der Waals surface area contributed by atoms with Gasteiger partial charge in [0.15, 0.2) is 5.82 Å². The molecule has 1 heterocycles. The van der Waals surface area contributed by atoms with E-state index >= 15 is 0 Å². The third kappa shape index (κ3) is 2.78. The average molecular weight is 362 g/mol. The van der Waals surface area contributed by atoms with Gasteiger partial charge in [-0.3, -0.25) is 4.79 Å². The van der Waals surface area contributed by atoms with Crippen LogP contribution < -0.4 is 10.9 Å². The molecule has 0 aliphatic rings. The van der Waals surface area contributed by atoms with E-state index < -0.39 is 0 Å². The van der Waals surface area contributed by atoms with Crippen LogP contribution in [0, 0.1) is 10.5 Å². The Bertz CT molecular complexity index is 612. The predicted molar refractivity (Wildman–Crippen MR) is 77.0 cm³/mol. The fourth-order valence-corrected chi connectivity index (χ4v) is 1.93. The topological polar surface area (TPSA) is 57.8 Å². The molecule has 1 aromatic heterocycles. The van der Waals surface area contributed by atoms with Crippen LogP contribution in [-0.4, -0.2) is 9.97 Å². The van der Waals surface area contributed by atoms with Crippen molar-refractivity contribution in [2.24, 2.45) is 0 Å². The fraction of sp³-hybridized carbons (Fsp3) is 0.0909. The zero-order valence-electron chi connectivity index (χ0n) is 8.92. The number of hydrogen-bond donors (Lipinski definition) is 2. The number of aryl methyl sites for hydroxylation is 1. The largest absolute Gasteiger partial charge is 0.339 e. The standard InChI is InChI=1S/C11H9ClIN3O/c1-6-2-3-7(12)4-8(6)16-10-9(13)11(17)15-5-14-10/h2-5H,1H3,(H2,14,15,16,17). The molecule has 0 aliphatic heterocycles. The highest BCUT2D eigenvalue weighted by molar-refractivity contribution is 14.1. The summed E-state index contributed by atoms with van der Waals surface area (Å²) in [4.78, 5) is 18.0. The minimum atomic E-state index is -0.164. The minimum absolute atomic E-state index is 0.164. The Hall–Kier alpha value is -1.08. The average Bonchev–Trinajstić information content (AvgIpc) is 2.30. The lowest BCUT2D eigenvalue weighted by Crippen LogP contribution is -2.13. The van der Waals surface area contributed by atoms with Gasteiger partial charge in [-0.05, 0) is 47.2 Å². The van der Waals surface area contributed by atoms with E-state index in [9.17, 15) is 4.79 Å². The van der Waals surface area contributed by atoms with E-state index in [1.165, 1.54) is 6.33 Å². The quantitative estimate of drug-likeness (QED) is 0.808. The van der Waals surface area contributed by atoms with Crippen LogP contribution in [-0.2, 0) is 0 Å². The summed E-state index contributed by atoms with van der Waals surface area (Å²) in [7, 11) is 0. The summed E-state index contributed by atoms with van der Waals surface area (Å²) in [6.07, 6.45) is 1.37. The van der Waals surface area contributed by atoms with E-state index in [4.69, 9.17) is 11.6 Å². The SMILES string of the molecule is Cc1ccc(Cl)cc1Nc1nc[nH]c(=O)c1I. The number of nitrogens with zero attached hydrogens (tertiary/aromatic N) is 1. The predicted octanol–water partition coefficient (Wildman–Crippen LogP) is 3.08.